The Morgan fingerprint density at radius 1 is 2.00 bits per heavy atom. The third kappa shape index (κ3) is 0.614. The van der Waals surface area contributed by atoms with E-state index in [1.54, 1.807) is 5.94 Å². The Morgan fingerprint density at radius 2 is 2.86 bits per heavy atom. The van der Waals surface area contributed by atoms with Crippen LogP contribution in [0.3, 0.4) is 0 Å². The third-order valence-electron chi connectivity index (χ3n) is 0.525. The highest BCUT2D eigenvalue weighted by Gasteiger charge is 1.96. The van der Waals surface area contributed by atoms with Crippen molar-refractivity contribution in [2.45, 2.75) is 0 Å². The van der Waals surface area contributed by atoms with E-state index in [9.17, 15) is 4.79 Å². The Kier molecular flexibility index (Phi) is 0.845. The first-order valence-corrected chi connectivity index (χ1v) is 1.68. The SMILES string of the molecule is O=C=C1[C]=CON1. The number of nitrogens with one attached hydrogen (secondary N) is 1. The van der Waals surface area contributed by atoms with Crippen molar-refractivity contribution in [2.75, 3.05) is 0 Å². The minimum atomic E-state index is 0.208. The zero-order valence-electron chi connectivity index (χ0n) is 3.39. The quantitative estimate of drug-likeness (QED) is 0.415. The Bertz CT molecular complexity index is 144. The van der Waals surface area contributed by atoms with Crippen LogP contribution < -0.4 is 5.48 Å². The zero-order chi connectivity index (χ0) is 5.11. The molecule has 0 aromatic heterocycles. The van der Waals surface area contributed by atoms with Gasteiger partial charge < -0.3 is 4.84 Å². The molecule has 0 saturated heterocycles. The van der Waals surface area contributed by atoms with Crippen molar-refractivity contribution in [3.63, 3.8) is 0 Å². The van der Waals surface area contributed by atoms with Gasteiger partial charge in [0.2, 0.25) is 0 Å². The van der Waals surface area contributed by atoms with Gasteiger partial charge in [0.05, 0.1) is 6.08 Å². The lowest BCUT2D eigenvalue weighted by molar-refractivity contribution is 0.187. The van der Waals surface area contributed by atoms with Gasteiger partial charge in [-0.05, 0) is 0 Å². The van der Waals surface area contributed by atoms with Gasteiger partial charge in [-0.2, -0.15) is 0 Å². The van der Waals surface area contributed by atoms with E-state index in [0.717, 1.165) is 0 Å². The highest BCUT2D eigenvalue weighted by atomic mass is 16.6. The van der Waals surface area contributed by atoms with Crippen LogP contribution in [-0.4, -0.2) is 5.94 Å². The van der Waals surface area contributed by atoms with Crippen molar-refractivity contribution >= 4 is 5.94 Å². The molecule has 1 rings (SSSR count). The number of allylic oxidation sites excluding steroid dienone is 1. The van der Waals surface area contributed by atoms with Crippen molar-refractivity contribution in [3.05, 3.63) is 18.0 Å². The molecule has 1 N–H and O–H groups in total. The largest absolute Gasteiger partial charge is 0.389 e. The van der Waals surface area contributed by atoms with Gasteiger partial charge in [0.15, 0.2) is 11.6 Å². The molecule has 1 heterocycles. The molecular weight excluding hydrogens is 94.0 g/mol. The summed E-state index contributed by atoms with van der Waals surface area (Å²) >= 11 is 0. The lowest BCUT2D eigenvalue weighted by atomic mass is 10.5. The third-order valence-corrected chi connectivity index (χ3v) is 0.525. The summed E-state index contributed by atoms with van der Waals surface area (Å²) in [4.78, 5) is 14.0. The van der Waals surface area contributed by atoms with Gasteiger partial charge in [-0.3, -0.25) is 0 Å². The topological polar surface area (TPSA) is 38.3 Å². The first-order valence-electron chi connectivity index (χ1n) is 1.68. The monoisotopic (exact) mass is 96.0 g/mol. The fourth-order valence-electron chi connectivity index (χ4n) is 0.257. The smallest absolute Gasteiger partial charge is 0.166 e. The minimum Gasteiger partial charge on any atom is -0.389 e. The molecule has 3 heteroatoms. The maximum absolute atomic E-state index is 9.62. The van der Waals surface area contributed by atoms with Gasteiger partial charge in [-0.15, -0.1) is 0 Å². The Balaban J connectivity index is 2.77. The highest BCUT2D eigenvalue weighted by molar-refractivity contribution is 5.54. The van der Waals surface area contributed by atoms with Gasteiger partial charge in [0.25, 0.3) is 0 Å². The van der Waals surface area contributed by atoms with Crippen LogP contribution in [0.25, 0.3) is 0 Å². The van der Waals surface area contributed by atoms with E-state index in [4.69, 9.17) is 0 Å². The molecule has 7 heavy (non-hydrogen) atoms. The molecule has 35 valence electrons. The van der Waals surface area contributed by atoms with Gasteiger partial charge in [-0.1, -0.05) is 0 Å². The summed E-state index contributed by atoms with van der Waals surface area (Å²) in [5, 5.41) is 0. The first kappa shape index (κ1) is 3.96. The number of hydrogen-bond donors (Lipinski definition) is 1. The van der Waals surface area contributed by atoms with Crippen LogP contribution in [0.15, 0.2) is 12.0 Å². The van der Waals surface area contributed by atoms with Gasteiger partial charge in [-0.25, -0.2) is 10.3 Å². The predicted octanol–water partition coefficient (Wildman–Crippen LogP) is -0.446. The summed E-state index contributed by atoms with van der Waals surface area (Å²) in [6.07, 6.45) is 3.69. The average Bonchev–Trinajstić information content (AvgIpc) is 2.14. The lowest BCUT2D eigenvalue weighted by Crippen LogP contribution is -2.01. The Hall–Kier alpha value is -1.21. The van der Waals surface area contributed by atoms with Crippen LogP contribution in [0.1, 0.15) is 0 Å². The van der Waals surface area contributed by atoms with Gasteiger partial charge in [0, 0.05) is 0 Å². The molecule has 0 fully saturated rings. The van der Waals surface area contributed by atoms with E-state index in [0.29, 0.717) is 0 Å². The predicted molar refractivity (Wildman–Crippen MR) is 21.2 cm³/mol. The fourth-order valence-corrected chi connectivity index (χ4v) is 0.257. The zero-order valence-corrected chi connectivity index (χ0v) is 3.39. The van der Waals surface area contributed by atoms with E-state index in [-0.39, 0.29) is 5.70 Å². The van der Waals surface area contributed by atoms with Crippen LogP contribution >= 0.6 is 0 Å². The van der Waals surface area contributed by atoms with E-state index in [1.165, 1.54) is 6.26 Å². The standard InChI is InChI=1S/C4H2NO2/c6-3-4-1-2-7-5-4/h2,5H. The lowest BCUT2D eigenvalue weighted by Gasteiger charge is -1.86. The molecule has 0 amide bonds. The Morgan fingerprint density at radius 3 is 3.14 bits per heavy atom. The number of hydrogen-bond acceptors (Lipinski definition) is 3. The number of hydroxylamine groups is 1. The number of rotatable bonds is 0. The van der Waals surface area contributed by atoms with Crippen LogP contribution in [0.4, 0.5) is 0 Å². The summed E-state index contributed by atoms with van der Waals surface area (Å²) < 4.78 is 0. The minimum absolute atomic E-state index is 0.208. The van der Waals surface area contributed by atoms with E-state index in [1.807, 2.05) is 0 Å². The van der Waals surface area contributed by atoms with Crippen LogP contribution in [0.5, 0.6) is 0 Å². The summed E-state index contributed by atoms with van der Waals surface area (Å²) in [5.74, 6) is 1.55. The average molecular weight is 96.1 g/mol. The molecule has 0 atom stereocenters. The summed E-state index contributed by atoms with van der Waals surface area (Å²) in [7, 11) is 0. The molecule has 0 unspecified atom stereocenters. The molecule has 0 bridgehead atoms. The van der Waals surface area contributed by atoms with E-state index < -0.39 is 0 Å². The summed E-state index contributed by atoms with van der Waals surface area (Å²) in [6.45, 7) is 0. The van der Waals surface area contributed by atoms with Crippen molar-refractivity contribution in [1.82, 2.24) is 5.48 Å². The molecule has 1 aliphatic heterocycles. The highest BCUT2D eigenvalue weighted by Crippen LogP contribution is 1.91. The van der Waals surface area contributed by atoms with Gasteiger partial charge >= 0.3 is 0 Å². The van der Waals surface area contributed by atoms with Crippen LogP contribution in [0, 0.1) is 6.08 Å². The molecule has 0 saturated carbocycles. The number of carbonyl (C=O) groups excluding carboxylic acids is 1. The van der Waals surface area contributed by atoms with Gasteiger partial charge in [0.1, 0.15) is 6.26 Å². The van der Waals surface area contributed by atoms with E-state index in [2.05, 4.69) is 16.4 Å². The molecule has 1 aliphatic rings. The maximum Gasteiger partial charge on any atom is 0.166 e. The normalized spacial score (nSPS) is 15.1. The second-order valence-corrected chi connectivity index (χ2v) is 0.959. The molecular formula is C4H2NO2. The molecule has 3 nitrogen and oxygen atoms in total. The van der Waals surface area contributed by atoms with Crippen molar-refractivity contribution < 1.29 is 9.63 Å². The van der Waals surface area contributed by atoms with Crippen molar-refractivity contribution in [2.24, 2.45) is 0 Å². The molecule has 0 aromatic carbocycles. The second kappa shape index (κ2) is 1.49. The first-order chi connectivity index (χ1) is 3.43. The molecule has 0 aliphatic carbocycles. The fraction of sp³-hybridized carbons (Fsp3) is 0. The van der Waals surface area contributed by atoms with Crippen LogP contribution in [-0.2, 0) is 9.63 Å². The summed E-state index contributed by atoms with van der Waals surface area (Å²) in [6, 6.07) is 0. The second-order valence-electron chi connectivity index (χ2n) is 0.959. The molecule has 1 radical (unpaired) electrons. The summed E-state index contributed by atoms with van der Waals surface area (Å²) in [5.41, 5.74) is 2.44. The van der Waals surface area contributed by atoms with Crippen molar-refractivity contribution in [3.8, 4) is 0 Å². The molecule has 0 spiro atoms. The maximum atomic E-state index is 9.62. The van der Waals surface area contributed by atoms with Crippen LogP contribution in [0.2, 0.25) is 0 Å². The van der Waals surface area contributed by atoms with E-state index >= 15 is 0 Å². The molecule has 0 aromatic rings. The van der Waals surface area contributed by atoms with Crippen molar-refractivity contribution in [1.29, 1.82) is 0 Å². The Labute approximate surface area is 40.2 Å².